The van der Waals surface area contributed by atoms with E-state index < -0.39 is 0 Å². The quantitative estimate of drug-likeness (QED) is 0.756. The van der Waals surface area contributed by atoms with E-state index in [2.05, 4.69) is 51.0 Å². The van der Waals surface area contributed by atoms with Gasteiger partial charge in [-0.3, -0.25) is 9.78 Å². The molecule has 1 aliphatic rings. The molecule has 1 fully saturated rings. The Labute approximate surface area is 151 Å². The number of fused-ring (bicyclic) bond motifs is 1. The lowest BCUT2D eigenvalue weighted by Gasteiger charge is -2.37. The number of piperazine rings is 1. The second-order valence-electron chi connectivity index (χ2n) is 6.62. The van der Waals surface area contributed by atoms with Gasteiger partial charge in [0.1, 0.15) is 0 Å². The second-order valence-corrected chi connectivity index (χ2v) is 6.62. The van der Waals surface area contributed by atoms with Crippen LogP contribution in [0.4, 0.5) is 11.6 Å². The minimum Gasteiger partial charge on any atom is -0.392 e. The number of nitrogens with zero attached hydrogens (tertiary/aromatic N) is 3. The summed E-state index contributed by atoms with van der Waals surface area (Å²) in [6, 6.07) is 13.7. The van der Waals surface area contributed by atoms with Crippen LogP contribution in [0, 0.1) is 6.92 Å². The first-order chi connectivity index (χ1) is 12.7. The highest BCUT2D eigenvalue weighted by Gasteiger charge is 2.20. The number of aryl methyl sites for hydroxylation is 1. The molecule has 26 heavy (non-hydrogen) atoms. The molecule has 2 N–H and O–H groups in total. The van der Waals surface area contributed by atoms with Crippen molar-refractivity contribution in [3.63, 3.8) is 0 Å². The number of aromatic amines is 1. The molecule has 0 bridgehead atoms. The summed E-state index contributed by atoms with van der Waals surface area (Å²) >= 11 is 0. The fourth-order valence-corrected chi connectivity index (χ4v) is 3.56. The van der Waals surface area contributed by atoms with E-state index in [1.165, 1.54) is 11.3 Å². The number of anilines is 2. The summed E-state index contributed by atoms with van der Waals surface area (Å²) in [7, 11) is 0. The summed E-state index contributed by atoms with van der Waals surface area (Å²) in [5, 5.41) is 10.1. The predicted octanol–water partition coefficient (Wildman–Crippen LogP) is 2.05. The number of hydrogen-bond donors (Lipinski definition) is 2. The van der Waals surface area contributed by atoms with Crippen molar-refractivity contribution in [2.75, 3.05) is 36.0 Å². The van der Waals surface area contributed by atoms with Crippen LogP contribution in [-0.4, -0.2) is 41.3 Å². The van der Waals surface area contributed by atoms with E-state index >= 15 is 0 Å². The van der Waals surface area contributed by atoms with Crippen LogP contribution in [0.1, 0.15) is 11.1 Å². The Bertz CT molecular complexity index is 991. The number of nitrogens with one attached hydrogen (secondary N) is 1. The van der Waals surface area contributed by atoms with Crippen molar-refractivity contribution in [3.8, 4) is 0 Å². The SMILES string of the molecule is Cc1ccccc1N1CCN(c2nc3c(CO)cccc3c(=O)[nH]2)CC1. The average Bonchev–Trinajstić information content (AvgIpc) is 2.68. The molecule has 6 nitrogen and oxygen atoms in total. The zero-order valence-electron chi connectivity index (χ0n) is 14.8. The molecular weight excluding hydrogens is 328 g/mol. The maximum Gasteiger partial charge on any atom is 0.260 e. The van der Waals surface area contributed by atoms with Gasteiger partial charge in [0.15, 0.2) is 0 Å². The van der Waals surface area contributed by atoms with E-state index in [1.807, 2.05) is 0 Å². The molecular formula is C20H22N4O2. The summed E-state index contributed by atoms with van der Waals surface area (Å²) in [6.45, 7) is 5.30. The maximum absolute atomic E-state index is 12.4. The lowest BCUT2D eigenvalue weighted by Crippen LogP contribution is -2.47. The summed E-state index contributed by atoms with van der Waals surface area (Å²) in [6.07, 6.45) is 0. The number of aliphatic hydroxyl groups is 1. The minimum atomic E-state index is -0.165. The van der Waals surface area contributed by atoms with Crippen molar-refractivity contribution in [1.29, 1.82) is 0 Å². The van der Waals surface area contributed by atoms with Gasteiger partial charge in [0.05, 0.1) is 17.5 Å². The first-order valence-electron chi connectivity index (χ1n) is 8.85. The molecule has 0 aliphatic carbocycles. The lowest BCUT2D eigenvalue weighted by molar-refractivity contribution is 0.283. The van der Waals surface area contributed by atoms with Crippen LogP contribution >= 0.6 is 0 Å². The molecule has 0 spiro atoms. The van der Waals surface area contributed by atoms with Crippen molar-refractivity contribution in [2.45, 2.75) is 13.5 Å². The minimum absolute atomic E-state index is 0.131. The van der Waals surface area contributed by atoms with Gasteiger partial charge in [-0.1, -0.05) is 30.3 Å². The average molecular weight is 350 g/mol. The van der Waals surface area contributed by atoms with Gasteiger partial charge >= 0.3 is 0 Å². The molecule has 2 heterocycles. The molecule has 1 aliphatic heterocycles. The molecule has 0 radical (unpaired) electrons. The Kier molecular flexibility index (Phi) is 4.34. The van der Waals surface area contributed by atoms with E-state index in [9.17, 15) is 9.90 Å². The van der Waals surface area contributed by atoms with Gasteiger partial charge in [-0.05, 0) is 24.6 Å². The van der Waals surface area contributed by atoms with Crippen LogP contribution in [-0.2, 0) is 6.61 Å². The summed E-state index contributed by atoms with van der Waals surface area (Å²) in [5.74, 6) is 0.577. The van der Waals surface area contributed by atoms with Crippen molar-refractivity contribution < 1.29 is 5.11 Å². The van der Waals surface area contributed by atoms with Crippen LogP contribution in [0.3, 0.4) is 0 Å². The molecule has 6 heteroatoms. The van der Waals surface area contributed by atoms with E-state index in [1.54, 1.807) is 18.2 Å². The van der Waals surface area contributed by atoms with Gasteiger partial charge < -0.3 is 14.9 Å². The fourth-order valence-electron chi connectivity index (χ4n) is 3.56. The van der Waals surface area contributed by atoms with E-state index in [0.717, 1.165) is 26.2 Å². The highest BCUT2D eigenvalue weighted by molar-refractivity contribution is 5.81. The Morgan fingerprint density at radius 3 is 2.50 bits per heavy atom. The van der Waals surface area contributed by atoms with Crippen LogP contribution in [0.5, 0.6) is 0 Å². The molecule has 1 aromatic heterocycles. The van der Waals surface area contributed by atoms with Gasteiger partial charge in [0.2, 0.25) is 5.95 Å². The summed E-state index contributed by atoms with van der Waals surface area (Å²) < 4.78 is 0. The third-order valence-electron chi connectivity index (χ3n) is 5.01. The Morgan fingerprint density at radius 1 is 1.04 bits per heavy atom. The van der Waals surface area contributed by atoms with E-state index in [-0.39, 0.29) is 12.2 Å². The number of H-pyrrole nitrogens is 1. The number of rotatable bonds is 3. The molecule has 3 aromatic rings. The number of aromatic nitrogens is 2. The highest BCUT2D eigenvalue weighted by Crippen LogP contribution is 2.22. The van der Waals surface area contributed by atoms with Crippen molar-refractivity contribution >= 4 is 22.5 Å². The standard InChI is InChI=1S/C20H22N4O2/c1-14-5-2-3-8-17(14)23-9-11-24(12-10-23)20-21-18-15(13-25)6-4-7-16(18)19(26)22-20/h2-8,25H,9-13H2,1H3,(H,21,22,26). The molecule has 4 rings (SSSR count). The van der Waals surface area contributed by atoms with Crippen molar-refractivity contribution in [3.05, 3.63) is 63.9 Å². The zero-order chi connectivity index (χ0) is 18.1. The Morgan fingerprint density at radius 2 is 1.77 bits per heavy atom. The largest absolute Gasteiger partial charge is 0.392 e. The fraction of sp³-hybridized carbons (Fsp3) is 0.300. The second kappa shape index (κ2) is 6.80. The molecule has 1 saturated heterocycles. The Balaban J connectivity index is 1.60. The van der Waals surface area contributed by atoms with Gasteiger partial charge in [-0.15, -0.1) is 0 Å². The monoisotopic (exact) mass is 350 g/mol. The predicted molar refractivity (Wildman–Crippen MR) is 104 cm³/mol. The molecule has 134 valence electrons. The van der Waals surface area contributed by atoms with Gasteiger partial charge in [0.25, 0.3) is 5.56 Å². The van der Waals surface area contributed by atoms with Crippen LogP contribution in [0.25, 0.3) is 10.9 Å². The topological polar surface area (TPSA) is 72.5 Å². The third-order valence-corrected chi connectivity index (χ3v) is 5.01. The molecule has 0 atom stereocenters. The van der Waals surface area contributed by atoms with E-state index in [4.69, 9.17) is 0 Å². The summed E-state index contributed by atoms with van der Waals surface area (Å²) in [4.78, 5) is 24.4. The number of aliphatic hydroxyl groups excluding tert-OH is 1. The van der Waals surface area contributed by atoms with Crippen LogP contribution < -0.4 is 15.4 Å². The molecule has 0 unspecified atom stereocenters. The van der Waals surface area contributed by atoms with Gasteiger partial charge in [-0.2, -0.15) is 0 Å². The Hall–Kier alpha value is -2.86. The molecule has 2 aromatic carbocycles. The molecule has 0 saturated carbocycles. The number of hydrogen-bond acceptors (Lipinski definition) is 5. The van der Waals surface area contributed by atoms with Crippen molar-refractivity contribution in [1.82, 2.24) is 9.97 Å². The van der Waals surface area contributed by atoms with Gasteiger partial charge in [-0.25, -0.2) is 4.98 Å². The smallest absolute Gasteiger partial charge is 0.260 e. The highest BCUT2D eigenvalue weighted by atomic mass is 16.3. The first kappa shape index (κ1) is 16.6. The zero-order valence-corrected chi connectivity index (χ0v) is 14.8. The maximum atomic E-state index is 12.4. The summed E-state index contributed by atoms with van der Waals surface area (Å²) in [5.41, 5.74) is 3.62. The normalized spacial score (nSPS) is 14.8. The number of benzene rings is 2. The number of para-hydroxylation sites is 2. The third kappa shape index (κ3) is 2.93. The molecule has 0 amide bonds. The lowest BCUT2D eigenvalue weighted by atomic mass is 10.1. The van der Waals surface area contributed by atoms with Gasteiger partial charge in [0, 0.05) is 37.4 Å². The first-order valence-corrected chi connectivity index (χ1v) is 8.85. The van der Waals surface area contributed by atoms with Crippen molar-refractivity contribution in [2.24, 2.45) is 0 Å². The van der Waals surface area contributed by atoms with Crippen LogP contribution in [0.15, 0.2) is 47.3 Å². The van der Waals surface area contributed by atoms with E-state index in [0.29, 0.717) is 22.4 Å². The van der Waals surface area contributed by atoms with Crippen LogP contribution in [0.2, 0.25) is 0 Å².